The second-order valence-electron chi connectivity index (χ2n) is 5.13. The molecule has 1 fully saturated rings. The van der Waals surface area contributed by atoms with E-state index in [1.54, 1.807) is 5.57 Å². The van der Waals surface area contributed by atoms with E-state index in [2.05, 4.69) is 50.3 Å². The Morgan fingerprint density at radius 1 is 1.00 bits per heavy atom. The van der Waals surface area contributed by atoms with Gasteiger partial charge in [-0.15, -0.1) is 0 Å². The summed E-state index contributed by atoms with van der Waals surface area (Å²) in [6, 6.07) is 10.7. The summed E-state index contributed by atoms with van der Waals surface area (Å²) in [4.78, 5) is 0. The number of hydrogen-bond acceptors (Lipinski definition) is 0. The molecule has 2 heteroatoms. The molecule has 1 heterocycles. The molecule has 0 saturated carbocycles. The number of nitrogens with zero attached hydrogens (tertiary/aromatic N) is 1. The lowest BCUT2D eigenvalue weighted by molar-refractivity contribution is -0.927. The van der Waals surface area contributed by atoms with E-state index in [0.717, 1.165) is 0 Å². The van der Waals surface area contributed by atoms with Gasteiger partial charge in [0.05, 0.1) is 26.2 Å². The van der Waals surface area contributed by atoms with E-state index >= 15 is 0 Å². The SMILES string of the molecule is CC[N+]1(CC)CCC(=Cc2ccccc2)CC1.[I-]. The molecule has 0 unspecified atom stereocenters. The summed E-state index contributed by atoms with van der Waals surface area (Å²) >= 11 is 0. The first-order chi connectivity index (χ1) is 8.28. The van der Waals surface area contributed by atoms with Crippen LogP contribution in [0.15, 0.2) is 35.9 Å². The van der Waals surface area contributed by atoms with Gasteiger partial charge in [0.25, 0.3) is 0 Å². The molecule has 1 aromatic carbocycles. The molecule has 2 rings (SSSR count). The van der Waals surface area contributed by atoms with E-state index in [0.29, 0.717) is 0 Å². The van der Waals surface area contributed by atoms with Crippen LogP contribution in [0, 0.1) is 0 Å². The van der Waals surface area contributed by atoms with E-state index in [1.165, 1.54) is 49.1 Å². The van der Waals surface area contributed by atoms with E-state index in [1.807, 2.05) is 0 Å². The van der Waals surface area contributed by atoms with Crippen LogP contribution in [0.1, 0.15) is 32.3 Å². The second kappa shape index (κ2) is 7.29. The smallest absolute Gasteiger partial charge is 0.0824 e. The molecule has 1 aliphatic rings. The van der Waals surface area contributed by atoms with Crippen molar-refractivity contribution in [1.82, 2.24) is 0 Å². The molecule has 0 amide bonds. The van der Waals surface area contributed by atoms with Crippen molar-refractivity contribution in [3.8, 4) is 0 Å². The van der Waals surface area contributed by atoms with Gasteiger partial charge in [0.2, 0.25) is 0 Å². The van der Waals surface area contributed by atoms with Gasteiger partial charge in [0.15, 0.2) is 0 Å². The Kier molecular flexibility index (Phi) is 6.36. The third-order valence-corrected chi connectivity index (χ3v) is 4.33. The first-order valence-electron chi connectivity index (χ1n) is 6.87. The monoisotopic (exact) mass is 357 g/mol. The zero-order valence-electron chi connectivity index (χ0n) is 11.5. The van der Waals surface area contributed by atoms with Crippen molar-refractivity contribution >= 4 is 6.08 Å². The average molecular weight is 357 g/mol. The normalized spacial score (nSPS) is 18.0. The second-order valence-corrected chi connectivity index (χ2v) is 5.13. The van der Waals surface area contributed by atoms with Gasteiger partial charge < -0.3 is 28.5 Å². The summed E-state index contributed by atoms with van der Waals surface area (Å²) in [6.45, 7) is 9.88. The fourth-order valence-corrected chi connectivity index (χ4v) is 2.78. The molecule has 0 spiro atoms. The maximum absolute atomic E-state index is 2.39. The topological polar surface area (TPSA) is 0 Å². The highest BCUT2D eigenvalue weighted by Crippen LogP contribution is 2.24. The van der Waals surface area contributed by atoms with Gasteiger partial charge in [0, 0.05) is 12.8 Å². The molecule has 1 saturated heterocycles. The standard InChI is InChI=1S/C16H24N.HI/c1-3-17(4-2)12-10-16(11-13-17)14-15-8-6-5-7-9-15;/h5-9,14H,3-4,10-13H2,1-2H3;1H/q+1;/p-1. The summed E-state index contributed by atoms with van der Waals surface area (Å²) in [6.07, 6.45) is 4.94. The Morgan fingerprint density at radius 3 is 2.06 bits per heavy atom. The molecule has 0 bridgehead atoms. The first kappa shape index (κ1) is 15.7. The molecule has 1 nitrogen and oxygen atoms in total. The van der Waals surface area contributed by atoms with E-state index in [4.69, 9.17) is 0 Å². The number of benzene rings is 1. The molecule has 0 aromatic heterocycles. The fraction of sp³-hybridized carbons (Fsp3) is 0.500. The number of hydrogen-bond donors (Lipinski definition) is 0. The van der Waals surface area contributed by atoms with Crippen LogP contribution < -0.4 is 24.0 Å². The Hall–Kier alpha value is -0.350. The summed E-state index contributed by atoms with van der Waals surface area (Å²) in [5.74, 6) is 0. The minimum absolute atomic E-state index is 0. The summed E-state index contributed by atoms with van der Waals surface area (Å²) in [7, 11) is 0. The molecule has 18 heavy (non-hydrogen) atoms. The van der Waals surface area contributed by atoms with Crippen LogP contribution in [-0.4, -0.2) is 30.7 Å². The zero-order chi connectivity index (χ0) is 12.1. The lowest BCUT2D eigenvalue weighted by Gasteiger charge is -2.40. The van der Waals surface area contributed by atoms with Gasteiger partial charge in [-0.3, -0.25) is 0 Å². The number of rotatable bonds is 3. The molecular formula is C16H24IN. The third-order valence-electron chi connectivity index (χ3n) is 4.33. The van der Waals surface area contributed by atoms with Crippen LogP contribution in [-0.2, 0) is 0 Å². The Labute approximate surface area is 128 Å². The highest BCUT2D eigenvalue weighted by Gasteiger charge is 2.27. The van der Waals surface area contributed by atoms with Crippen molar-refractivity contribution in [2.75, 3.05) is 26.2 Å². The van der Waals surface area contributed by atoms with E-state index in [-0.39, 0.29) is 24.0 Å². The van der Waals surface area contributed by atoms with Crippen LogP contribution in [0.2, 0.25) is 0 Å². The van der Waals surface area contributed by atoms with Crippen LogP contribution in [0.4, 0.5) is 0 Å². The van der Waals surface area contributed by atoms with E-state index in [9.17, 15) is 0 Å². The third kappa shape index (κ3) is 3.82. The van der Waals surface area contributed by atoms with Crippen molar-refractivity contribution in [2.45, 2.75) is 26.7 Å². The average Bonchev–Trinajstić information content (AvgIpc) is 2.41. The maximum atomic E-state index is 2.39. The van der Waals surface area contributed by atoms with Gasteiger partial charge in [-0.25, -0.2) is 0 Å². The Balaban J connectivity index is 0.00000162. The predicted molar refractivity (Wildman–Crippen MR) is 74.7 cm³/mol. The first-order valence-corrected chi connectivity index (χ1v) is 6.87. The van der Waals surface area contributed by atoms with Gasteiger partial charge in [-0.05, 0) is 19.4 Å². The van der Waals surface area contributed by atoms with E-state index < -0.39 is 0 Å². The van der Waals surface area contributed by atoms with Gasteiger partial charge in [-0.1, -0.05) is 42.0 Å². The molecule has 1 aromatic rings. The van der Waals surface area contributed by atoms with Crippen molar-refractivity contribution in [1.29, 1.82) is 0 Å². The summed E-state index contributed by atoms with van der Waals surface area (Å²) in [5.41, 5.74) is 2.99. The van der Waals surface area contributed by atoms with Crippen molar-refractivity contribution in [2.24, 2.45) is 0 Å². The van der Waals surface area contributed by atoms with Crippen LogP contribution in [0.25, 0.3) is 6.08 Å². The fourth-order valence-electron chi connectivity index (χ4n) is 2.78. The van der Waals surface area contributed by atoms with Gasteiger partial charge in [0.1, 0.15) is 0 Å². The number of quaternary nitrogens is 1. The molecular weight excluding hydrogens is 333 g/mol. The Bertz CT molecular complexity index is 367. The minimum atomic E-state index is 0. The van der Waals surface area contributed by atoms with Crippen molar-refractivity contribution < 1.29 is 28.5 Å². The number of likely N-dealkylation sites (tertiary alicyclic amines) is 1. The molecule has 0 N–H and O–H groups in total. The molecule has 0 aliphatic carbocycles. The Morgan fingerprint density at radius 2 is 1.56 bits per heavy atom. The van der Waals surface area contributed by atoms with Crippen LogP contribution in [0.3, 0.4) is 0 Å². The predicted octanol–water partition coefficient (Wildman–Crippen LogP) is 0.724. The number of halogens is 1. The minimum Gasteiger partial charge on any atom is -1.00 e. The van der Waals surface area contributed by atoms with Crippen molar-refractivity contribution in [3.05, 3.63) is 41.5 Å². The molecule has 0 radical (unpaired) electrons. The number of piperidine rings is 1. The molecule has 100 valence electrons. The maximum Gasteiger partial charge on any atom is 0.0824 e. The lowest BCUT2D eigenvalue weighted by atomic mass is 9.99. The highest BCUT2D eigenvalue weighted by atomic mass is 127. The van der Waals surface area contributed by atoms with Gasteiger partial charge >= 0.3 is 0 Å². The molecule has 0 atom stereocenters. The summed E-state index contributed by atoms with van der Waals surface area (Å²) in [5, 5.41) is 0. The van der Waals surface area contributed by atoms with Crippen LogP contribution >= 0.6 is 0 Å². The van der Waals surface area contributed by atoms with Crippen LogP contribution in [0.5, 0.6) is 0 Å². The van der Waals surface area contributed by atoms with Crippen molar-refractivity contribution in [3.63, 3.8) is 0 Å². The quantitative estimate of drug-likeness (QED) is 0.553. The van der Waals surface area contributed by atoms with Gasteiger partial charge in [-0.2, -0.15) is 0 Å². The lowest BCUT2D eigenvalue weighted by Crippen LogP contribution is -3.00. The summed E-state index contributed by atoms with van der Waals surface area (Å²) < 4.78 is 1.31. The molecule has 1 aliphatic heterocycles. The highest BCUT2D eigenvalue weighted by molar-refractivity contribution is 5.52. The largest absolute Gasteiger partial charge is 1.00 e. The zero-order valence-corrected chi connectivity index (χ0v) is 13.7.